The average molecular weight is 235 g/mol. The third-order valence-electron chi connectivity index (χ3n) is 4.68. The molecule has 0 spiro atoms. The summed E-state index contributed by atoms with van der Waals surface area (Å²) in [5.41, 5.74) is 0.114. The van der Waals surface area contributed by atoms with E-state index >= 15 is 0 Å². The van der Waals surface area contributed by atoms with E-state index in [0.717, 1.165) is 32.6 Å². The van der Waals surface area contributed by atoms with Gasteiger partial charge in [0.1, 0.15) is 5.54 Å². The highest BCUT2D eigenvalue weighted by molar-refractivity contribution is 5.18. The van der Waals surface area contributed by atoms with Gasteiger partial charge in [-0.25, -0.2) is 0 Å². The molecule has 2 fully saturated rings. The van der Waals surface area contributed by atoms with Crippen molar-refractivity contribution in [2.45, 2.75) is 39.2 Å². The number of nitrogens with zero attached hydrogens (tertiary/aromatic N) is 3. The highest BCUT2D eigenvalue weighted by Crippen LogP contribution is 2.50. The summed E-state index contributed by atoms with van der Waals surface area (Å²) in [6.07, 6.45) is 2.20. The van der Waals surface area contributed by atoms with Crippen molar-refractivity contribution < 1.29 is 0 Å². The molecule has 1 saturated heterocycles. The fourth-order valence-corrected chi connectivity index (χ4v) is 3.82. The summed E-state index contributed by atoms with van der Waals surface area (Å²) in [6, 6.07) is 2.67. The van der Waals surface area contributed by atoms with Crippen LogP contribution in [-0.4, -0.2) is 48.6 Å². The van der Waals surface area contributed by atoms with Crippen LogP contribution in [0.2, 0.25) is 0 Å². The van der Waals surface area contributed by atoms with Crippen LogP contribution in [0, 0.1) is 22.7 Å². The van der Waals surface area contributed by atoms with Gasteiger partial charge in [0.25, 0.3) is 0 Å². The molecular formula is C14H25N3. The SMILES string of the molecule is CC1CC(C)(C)CC1(C#N)N1CCN(C)CC1. The lowest BCUT2D eigenvalue weighted by molar-refractivity contribution is 0.0511. The van der Waals surface area contributed by atoms with E-state index in [1.165, 1.54) is 6.42 Å². The smallest absolute Gasteiger partial charge is 0.112 e. The second-order valence-electron chi connectivity index (χ2n) is 6.77. The summed E-state index contributed by atoms with van der Waals surface area (Å²) in [7, 11) is 2.17. The Morgan fingerprint density at radius 3 is 2.18 bits per heavy atom. The second-order valence-corrected chi connectivity index (χ2v) is 6.77. The minimum absolute atomic E-state index is 0.204. The van der Waals surface area contributed by atoms with E-state index in [0.29, 0.717) is 11.3 Å². The molecule has 3 heteroatoms. The quantitative estimate of drug-likeness (QED) is 0.696. The van der Waals surface area contributed by atoms with Gasteiger partial charge in [0.05, 0.1) is 6.07 Å². The van der Waals surface area contributed by atoms with Gasteiger partial charge in [-0.15, -0.1) is 0 Å². The molecule has 17 heavy (non-hydrogen) atoms. The molecule has 0 aromatic rings. The number of hydrogen-bond acceptors (Lipinski definition) is 3. The van der Waals surface area contributed by atoms with E-state index in [2.05, 4.69) is 43.7 Å². The largest absolute Gasteiger partial charge is 0.304 e. The highest BCUT2D eigenvalue weighted by Gasteiger charge is 2.52. The van der Waals surface area contributed by atoms with Gasteiger partial charge in [-0.05, 0) is 31.2 Å². The number of nitriles is 1. The normalized spacial score (nSPS) is 39.1. The Hall–Kier alpha value is -0.590. The topological polar surface area (TPSA) is 30.3 Å². The molecule has 0 aromatic heterocycles. The molecule has 0 N–H and O–H groups in total. The predicted molar refractivity (Wildman–Crippen MR) is 69.6 cm³/mol. The predicted octanol–water partition coefficient (Wildman–Crippen LogP) is 1.95. The van der Waals surface area contributed by atoms with Gasteiger partial charge in [-0.2, -0.15) is 5.26 Å². The van der Waals surface area contributed by atoms with Gasteiger partial charge in [0.15, 0.2) is 0 Å². The maximum absolute atomic E-state index is 9.73. The summed E-state index contributed by atoms with van der Waals surface area (Å²) >= 11 is 0. The van der Waals surface area contributed by atoms with Crippen LogP contribution in [-0.2, 0) is 0 Å². The van der Waals surface area contributed by atoms with E-state index in [4.69, 9.17) is 0 Å². The first kappa shape index (κ1) is 12.9. The fraction of sp³-hybridized carbons (Fsp3) is 0.929. The van der Waals surface area contributed by atoms with Crippen molar-refractivity contribution in [1.29, 1.82) is 5.26 Å². The van der Waals surface area contributed by atoms with Gasteiger partial charge in [-0.3, -0.25) is 4.90 Å². The highest BCUT2D eigenvalue weighted by atomic mass is 15.3. The van der Waals surface area contributed by atoms with Gasteiger partial charge in [0, 0.05) is 26.2 Å². The summed E-state index contributed by atoms with van der Waals surface area (Å²) in [6.45, 7) is 11.1. The molecule has 1 aliphatic heterocycles. The molecule has 3 nitrogen and oxygen atoms in total. The fourth-order valence-electron chi connectivity index (χ4n) is 3.82. The standard InChI is InChI=1S/C14H25N3/c1-12-9-13(2,3)10-14(12,11-15)17-7-5-16(4)6-8-17/h12H,5-10H2,1-4H3. The van der Waals surface area contributed by atoms with E-state index in [1.807, 2.05) is 0 Å². The van der Waals surface area contributed by atoms with Gasteiger partial charge < -0.3 is 4.90 Å². The maximum atomic E-state index is 9.73. The van der Waals surface area contributed by atoms with Crippen LogP contribution in [0.5, 0.6) is 0 Å². The second kappa shape index (κ2) is 4.26. The average Bonchev–Trinajstić information content (AvgIpc) is 2.50. The third kappa shape index (κ3) is 2.21. The molecule has 0 amide bonds. The molecular weight excluding hydrogens is 210 g/mol. The Kier molecular flexibility index (Phi) is 3.22. The molecule has 0 aromatic carbocycles. The molecule has 1 aliphatic carbocycles. The van der Waals surface area contributed by atoms with Gasteiger partial charge in [0.2, 0.25) is 0 Å². The summed E-state index contributed by atoms with van der Waals surface area (Å²) in [5.74, 6) is 0.492. The van der Waals surface area contributed by atoms with E-state index in [9.17, 15) is 5.26 Å². The van der Waals surface area contributed by atoms with Crippen molar-refractivity contribution in [1.82, 2.24) is 9.80 Å². The summed E-state index contributed by atoms with van der Waals surface area (Å²) in [5, 5.41) is 9.73. The van der Waals surface area contributed by atoms with E-state index in [1.54, 1.807) is 0 Å². The van der Waals surface area contributed by atoms with Crippen molar-refractivity contribution in [3.63, 3.8) is 0 Å². The molecule has 1 saturated carbocycles. The summed E-state index contributed by atoms with van der Waals surface area (Å²) < 4.78 is 0. The van der Waals surface area contributed by atoms with E-state index < -0.39 is 0 Å². The molecule has 2 aliphatic rings. The Balaban J connectivity index is 2.18. The number of likely N-dealkylation sites (N-methyl/N-ethyl adjacent to an activating group) is 1. The first-order chi connectivity index (χ1) is 7.89. The zero-order chi connectivity index (χ0) is 12.7. The molecule has 2 rings (SSSR count). The number of rotatable bonds is 1. The molecule has 0 bridgehead atoms. The summed E-state index contributed by atoms with van der Waals surface area (Å²) in [4.78, 5) is 4.80. The zero-order valence-electron chi connectivity index (χ0n) is 11.7. The van der Waals surface area contributed by atoms with Crippen LogP contribution >= 0.6 is 0 Å². The Bertz CT molecular complexity index is 323. The minimum atomic E-state index is -0.204. The monoisotopic (exact) mass is 235 g/mol. The molecule has 2 unspecified atom stereocenters. The third-order valence-corrected chi connectivity index (χ3v) is 4.68. The maximum Gasteiger partial charge on any atom is 0.112 e. The van der Waals surface area contributed by atoms with Crippen LogP contribution in [0.3, 0.4) is 0 Å². The molecule has 2 atom stereocenters. The van der Waals surface area contributed by atoms with Crippen molar-refractivity contribution in [2.24, 2.45) is 11.3 Å². The lowest BCUT2D eigenvalue weighted by atomic mass is 9.85. The molecule has 0 radical (unpaired) electrons. The Morgan fingerprint density at radius 1 is 1.18 bits per heavy atom. The van der Waals surface area contributed by atoms with Crippen molar-refractivity contribution >= 4 is 0 Å². The van der Waals surface area contributed by atoms with Crippen molar-refractivity contribution in [3.8, 4) is 6.07 Å². The number of hydrogen-bond donors (Lipinski definition) is 0. The lowest BCUT2D eigenvalue weighted by Crippen LogP contribution is -2.57. The van der Waals surface area contributed by atoms with Crippen LogP contribution < -0.4 is 0 Å². The van der Waals surface area contributed by atoms with Gasteiger partial charge >= 0.3 is 0 Å². The van der Waals surface area contributed by atoms with Crippen LogP contribution in [0.15, 0.2) is 0 Å². The first-order valence-electron chi connectivity index (χ1n) is 6.74. The first-order valence-corrected chi connectivity index (χ1v) is 6.74. The van der Waals surface area contributed by atoms with E-state index in [-0.39, 0.29) is 5.54 Å². The molecule has 96 valence electrons. The van der Waals surface area contributed by atoms with Crippen LogP contribution in [0.1, 0.15) is 33.6 Å². The van der Waals surface area contributed by atoms with Crippen molar-refractivity contribution in [2.75, 3.05) is 33.2 Å². The molecule has 1 heterocycles. The number of piperazine rings is 1. The van der Waals surface area contributed by atoms with Crippen LogP contribution in [0.4, 0.5) is 0 Å². The van der Waals surface area contributed by atoms with Crippen molar-refractivity contribution in [3.05, 3.63) is 0 Å². The Morgan fingerprint density at radius 2 is 1.76 bits per heavy atom. The lowest BCUT2D eigenvalue weighted by Gasteiger charge is -2.43. The zero-order valence-corrected chi connectivity index (χ0v) is 11.7. The minimum Gasteiger partial charge on any atom is -0.304 e. The van der Waals surface area contributed by atoms with Gasteiger partial charge in [-0.1, -0.05) is 20.8 Å². The Labute approximate surface area is 105 Å². The van der Waals surface area contributed by atoms with Crippen LogP contribution in [0.25, 0.3) is 0 Å².